The number of hydrogen-bond donors (Lipinski definition) is 2. The van der Waals surface area contributed by atoms with Crippen molar-refractivity contribution in [3.05, 3.63) is 11.2 Å². The number of hydrogen-bond acceptors (Lipinski definition) is 4. The van der Waals surface area contributed by atoms with E-state index in [9.17, 15) is 4.39 Å². The average molecular weight is 205 g/mol. The van der Waals surface area contributed by atoms with Crippen LogP contribution in [0.1, 0.15) is 6.92 Å². The molecule has 6 heteroatoms. The zero-order chi connectivity index (χ0) is 9.84. The van der Waals surface area contributed by atoms with Gasteiger partial charge in [0, 0.05) is 6.07 Å². The van der Waals surface area contributed by atoms with Gasteiger partial charge in [-0.2, -0.15) is 4.98 Å². The first-order chi connectivity index (χ1) is 6.11. The van der Waals surface area contributed by atoms with Crippen molar-refractivity contribution in [1.82, 2.24) is 9.97 Å². The summed E-state index contributed by atoms with van der Waals surface area (Å²) in [6.45, 7) is 1.20. The van der Waals surface area contributed by atoms with Crippen LogP contribution in [0.15, 0.2) is 6.07 Å². The van der Waals surface area contributed by atoms with E-state index in [1.165, 1.54) is 6.07 Å². The van der Waals surface area contributed by atoms with Crippen LogP contribution in [0.2, 0.25) is 5.15 Å². The Morgan fingerprint density at radius 3 is 2.92 bits per heavy atom. The summed E-state index contributed by atoms with van der Waals surface area (Å²) in [4.78, 5) is 7.49. The smallest absolute Gasteiger partial charge is 0.223 e. The Kier molecular flexibility index (Phi) is 3.25. The molecule has 1 unspecified atom stereocenters. The minimum Gasteiger partial charge on any atom is -0.368 e. The monoisotopic (exact) mass is 204 g/mol. The van der Waals surface area contributed by atoms with Crippen molar-refractivity contribution < 1.29 is 4.39 Å². The summed E-state index contributed by atoms with van der Waals surface area (Å²) in [7, 11) is 0. The Hall–Kier alpha value is -1.10. The summed E-state index contributed by atoms with van der Waals surface area (Å²) >= 11 is 5.61. The van der Waals surface area contributed by atoms with Crippen LogP contribution in [0.4, 0.5) is 16.2 Å². The molecule has 1 aromatic heterocycles. The van der Waals surface area contributed by atoms with Gasteiger partial charge in [-0.3, -0.25) is 0 Å². The largest absolute Gasteiger partial charge is 0.368 e. The molecule has 0 bridgehead atoms. The van der Waals surface area contributed by atoms with Crippen molar-refractivity contribution in [2.45, 2.75) is 13.0 Å². The average Bonchev–Trinajstić information content (AvgIpc) is 2.02. The van der Waals surface area contributed by atoms with Gasteiger partial charge >= 0.3 is 0 Å². The first kappa shape index (κ1) is 9.98. The molecule has 72 valence electrons. The minimum atomic E-state index is -0.485. The van der Waals surface area contributed by atoms with Crippen molar-refractivity contribution >= 4 is 23.4 Å². The lowest BCUT2D eigenvalue weighted by Crippen LogP contribution is -2.18. The lowest BCUT2D eigenvalue weighted by Gasteiger charge is -2.10. The number of alkyl halides is 1. The van der Waals surface area contributed by atoms with Crippen LogP contribution in [-0.4, -0.2) is 22.7 Å². The molecule has 1 rings (SSSR count). The fourth-order valence-corrected chi connectivity index (χ4v) is 0.990. The van der Waals surface area contributed by atoms with E-state index in [4.69, 9.17) is 17.3 Å². The maximum Gasteiger partial charge on any atom is 0.223 e. The second-order valence-corrected chi connectivity index (χ2v) is 3.02. The van der Waals surface area contributed by atoms with Crippen LogP contribution in [-0.2, 0) is 0 Å². The second-order valence-electron chi connectivity index (χ2n) is 2.63. The minimum absolute atomic E-state index is 0.0704. The molecule has 0 fully saturated rings. The fourth-order valence-electron chi connectivity index (χ4n) is 0.800. The molecule has 0 saturated heterocycles. The van der Waals surface area contributed by atoms with Crippen molar-refractivity contribution in [3.8, 4) is 0 Å². The summed E-state index contributed by atoms with van der Waals surface area (Å²) in [5.41, 5.74) is 5.34. The summed E-state index contributed by atoms with van der Waals surface area (Å²) in [5.74, 6) is 0.503. The highest BCUT2D eigenvalue weighted by molar-refractivity contribution is 6.29. The molecule has 0 amide bonds. The molecule has 1 heterocycles. The van der Waals surface area contributed by atoms with Crippen molar-refractivity contribution in [2.75, 3.05) is 17.7 Å². The zero-order valence-corrected chi connectivity index (χ0v) is 7.85. The van der Waals surface area contributed by atoms with Gasteiger partial charge in [0.15, 0.2) is 0 Å². The van der Waals surface area contributed by atoms with Gasteiger partial charge in [-0.1, -0.05) is 11.6 Å². The lowest BCUT2D eigenvalue weighted by molar-refractivity contribution is 0.459. The molecule has 0 aliphatic carbocycles. The normalized spacial score (nSPS) is 12.5. The fraction of sp³-hybridized carbons (Fsp3) is 0.429. The highest BCUT2D eigenvalue weighted by Gasteiger charge is 2.04. The highest BCUT2D eigenvalue weighted by atomic mass is 35.5. The zero-order valence-electron chi connectivity index (χ0n) is 7.09. The highest BCUT2D eigenvalue weighted by Crippen LogP contribution is 2.13. The predicted octanol–water partition coefficient (Wildman–Crippen LogP) is 1.48. The van der Waals surface area contributed by atoms with Crippen molar-refractivity contribution in [2.24, 2.45) is 0 Å². The first-order valence-electron chi connectivity index (χ1n) is 3.74. The molecule has 13 heavy (non-hydrogen) atoms. The Morgan fingerprint density at radius 2 is 2.38 bits per heavy atom. The third-order valence-electron chi connectivity index (χ3n) is 1.34. The van der Waals surface area contributed by atoms with E-state index in [1.807, 2.05) is 0 Å². The molecular formula is C7H10ClFN4. The third-order valence-corrected chi connectivity index (χ3v) is 1.53. The van der Waals surface area contributed by atoms with Gasteiger partial charge in [-0.25, -0.2) is 9.37 Å². The van der Waals surface area contributed by atoms with Gasteiger partial charge < -0.3 is 11.1 Å². The second kappa shape index (κ2) is 4.23. The van der Waals surface area contributed by atoms with E-state index >= 15 is 0 Å². The molecule has 0 saturated carbocycles. The lowest BCUT2D eigenvalue weighted by atomic mass is 10.4. The molecule has 1 atom stereocenters. The number of anilines is 2. The number of nitrogen functional groups attached to an aromatic ring is 1. The van der Waals surface area contributed by atoms with E-state index in [0.29, 0.717) is 5.82 Å². The Labute approximate surface area is 80.3 Å². The number of halogens is 2. The predicted molar refractivity (Wildman–Crippen MR) is 50.5 cm³/mol. The van der Waals surface area contributed by atoms with Gasteiger partial charge in [-0.15, -0.1) is 0 Å². The number of nitrogens with zero attached hydrogens (tertiary/aromatic N) is 2. The van der Waals surface area contributed by atoms with Crippen LogP contribution in [0.3, 0.4) is 0 Å². The topological polar surface area (TPSA) is 63.8 Å². The van der Waals surface area contributed by atoms with Crippen molar-refractivity contribution in [1.29, 1.82) is 0 Å². The Bertz CT molecular complexity index is 274. The van der Waals surface area contributed by atoms with Crippen LogP contribution in [0.25, 0.3) is 0 Å². The van der Waals surface area contributed by atoms with E-state index < -0.39 is 6.67 Å². The van der Waals surface area contributed by atoms with Crippen LogP contribution in [0.5, 0.6) is 0 Å². The van der Waals surface area contributed by atoms with E-state index in [-0.39, 0.29) is 17.1 Å². The number of rotatable bonds is 3. The Balaban J connectivity index is 2.77. The van der Waals surface area contributed by atoms with Gasteiger partial charge in [0.25, 0.3) is 0 Å². The molecule has 0 radical (unpaired) electrons. The molecule has 3 N–H and O–H groups in total. The summed E-state index contributed by atoms with van der Waals surface area (Å²) < 4.78 is 12.1. The molecule has 0 aliphatic heterocycles. The maximum atomic E-state index is 12.1. The number of nitrogens with one attached hydrogen (secondary N) is 1. The van der Waals surface area contributed by atoms with Gasteiger partial charge in [0.2, 0.25) is 5.95 Å². The number of aromatic nitrogens is 2. The molecule has 4 nitrogen and oxygen atoms in total. The Morgan fingerprint density at radius 1 is 1.69 bits per heavy atom. The van der Waals surface area contributed by atoms with Crippen LogP contribution >= 0.6 is 11.6 Å². The summed E-state index contributed by atoms with van der Waals surface area (Å²) in [5, 5.41) is 3.02. The standard InChI is InChI=1S/C7H10ClFN4/c1-4(3-9)11-6-2-5(8)12-7(10)13-6/h2,4H,3H2,1H3,(H3,10,11,12,13). The SMILES string of the molecule is CC(CF)Nc1cc(Cl)nc(N)n1. The maximum absolute atomic E-state index is 12.1. The molecule has 0 aliphatic rings. The number of nitrogens with two attached hydrogens (primary N) is 1. The first-order valence-corrected chi connectivity index (χ1v) is 4.12. The molecule has 1 aromatic rings. The van der Waals surface area contributed by atoms with Crippen LogP contribution < -0.4 is 11.1 Å². The van der Waals surface area contributed by atoms with Gasteiger partial charge in [-0.05, 0) is 6.92 Å². The van der Waals surface area contributed by atoms with Gasteiger partial charge in [0.1, 0.15) is 17.6 Å². The van der Waals surface area contributed by atoms with Crippen molar-refractivity contribution in [3.63, 3.8) is 0 Å². The molecule has 0 aromatic carbocycles. The summed E-state index contributed by atoms with van der Waals surface area (Å²) in [6.07, 6.45) is 0. The third kappa shape index (κ3) is 3.02. The van der Waals surface area contributed by atoms with Crippen LogP contribution in [0, 0.1) is 0 Å². The van der Waals surface area contributed by atoms with E-state index in [0.717, 1.165) is 0 Å². The summed E-state index contributed by atoms with van der Waals surface area (Å²) in [6, 6.07) is 1.18. The van der Waals surface area contributed by atoms with E-state index in [1.54, 1.807) is 6.92 Å². The molecule has 0 spiro atoms. The molecular weight excluding hydrogens is 195 g/mol. The quantitative estimate of drug-likeness (QED) is 0.733. The van der Waals surface area contributed by atoms with Gasteiger partial charge in [0.05, 0.1) is 6.04 Å². The van der Waals surface area contributed by atoms with E-state index in [2.05, 4.69) is 15.3 Å².